The molecule has 0 aliphatic carbocycles. The van der Waals surface area contributed by atoms with Crippen LogP contribution in [0.5, 0.6) is 0 Å². The Morgan fingerprint density at radius 2 is 1.74 bits per heavy atom. The van der Waals surface area contributed by atoms with Crippen molar-refractivity contribution in [3.63, 3.8) is 0 Å². The van der Waals surface area contributed by atoms with Crippen LogP contribution >= 0.6 is 27.7 Å². The van der Waals surface area contributed by atoms with Gasteiger partial charge in [-0.3, -0.25) is 0 Å². The quantitative estimate of drug-likeness (QED) is 0.708. The molecule has 3 heteroatoms. The molecule has 0 fully saturated rings. The monoisotopic (exact) mass is 335 g/mol. The van der Waals surface area contributed by atoms with Crippen LogP contribution in [0.25, 0.3) is 0 Å². The Labute approximate surface area is 128 Å². The molecule has 0 saturated carbocycles. The van der Waals surface area contributed by atoms with E-state index in [0.717, 1.165) is 9.50 Å². The minimum atomic E-state index is 0.200. The Kier molecular flexibility index (Phi) is 4.36. The SMILES string of the molecule is Cc1cnc(Sc2ccc(C(C)(C)C)cc2)c(Br)c1. The lowest BCUT2D eigenvalue weighted by molar-refractivity contribution is 0.590. The fourth-order valence-corrected chi connectivity index (χ4v) is 3.19. The first-order valence-electron chi connectivity index (χ1n) is 6.27. The lowest BCUT2D eigenvalue weighted by atomic mass is 9.87. The van der Waals surface area contributed by atoms with Gasteiger partial charge in [-0.15, -0.1) is 0 Å². The number of aromatic nitrogens is 1. The van der Waals surface area contributed by atoms with Crippen molar-refractivity contribution in [2.24, 2.45) is 0 Å². The Balaban J connectivity index is 2.20. The van der Waals surface area contributed by atoms with Crippen LogP contribution in [0.4, 0.5) is 0 Å². The molecule has 0 saturated heterocycles. The number of rotatable bonds is 2. The molecule has 0 aliphatic rings. The summed E-state index contributed by atoms with van der Waals surface area (Å²) in [6.45, 7) is 8.73. The third-order valence-electron chi connectivity index (χ3n) is 2.88. The molecule has 0 radical (unpaired) electrons. The number of aryl methyl sites for hydroxylation is 1. The van der Waals surface area contributed by atoms with Gasteiger partial charge in [0.05, 0.1) is 4.47 Å². The Hall–Kier alpha value is -0.800. The fraction of sp³-hybridized carbons (Fsp3) is 0.312. The van der Waals surface area contributed by atoms with Crippen molar-refractivity contribution in [1.82, 2.24) is 4.98 Å². The number of benzene rings is 1. The average Bonchev–Trinajstić information content (AvgIpc) is 2.32. The van der Waals surface area contributed by atoms with E-state index >= 15 is 0 Å². The minimum absolute atomic E-state index is 0.200. The van der Waals surface area contributed by atoms with Crippen LogP contribution < -0.4 is 0 Å². The first kappa shape index (κ1) is 14.6. The van der Waals surface area contributed by atoms with E-state index in [0.29, 0.717) is 0 Å². The molecule has 0 aliphatic heterocycles. The summed E-state index contributed by atoms with van der Waals surface area (Å²) in [4.78, 5) is 5.67. The van der Waals surface area contributed by atoms with Gasteiger partial charge in [0.1, 0.15) is 5.03 Å². The van der Waals surface area contributed by atoms with Gasteiger partial charge >= 0.3 is 0 Å². The van der Waals surface area contributed by atoms with E-state index < -0.39 is 0 Å². The topological polar surface area (TPSA) is 12.9 Å². The molecule has 0 bridgehead atoms. The zero-order valence-corrected chi connectivity index (χ0v) is 14.1. The van der Waals surface area contributed by atoms with E-state index in [-0.39, 0.29) is 5.41 Å². The summed E-state index contributed by atoms with van der Waals surface area (Å²) < 4.78 is 1.05. The normalized spacial score (nSPS) is 11.6. The van der Waals surface area contributed by atoms with Crippen LogP contribution in [-0.2, 0) is 5.41 Å². The molecule has 100 valence electrons. The minimum Gasteiger partial charge on any atom is -0.248 e. The van der Waals surface area contributed by atoms with Crippen LogP contribution in [0.3, 0.4) is 0 Å². The lowest BCUT2D eigenvalue weighted by Gasteiger charge is -2.19. The largest absolute Gasteiger partial charge is 0.248 e. The standard InChI is InChI=1S/C16H18BrNS/c1-11-9-14(17)15(18-10-11)19-13-7-5-12(6-8-13)16(2,3)4/h5-10H,1-4H3. The van der Waals surface area contributed by atoms with Crippen LogP contribution in [0, 0.1) is 6.92 Å². The van der Waals surface area contributed by atoms with E-state index in [2.05, 4.69) is 72.0 Å². The molecule has 1 aromatic heterocycles. The summed E-state index contributed by atoms with van der Waals surface area (Å²) in [5.74, 6) is 0. The molecule has 0 atom stereocenters. The molecule has 1 heterocycles. The second kappa shape index (κ2) is 5.68. The molecule has 2 rings (SSSR count). The molecular formula is C16H18BrNS. The molecule has 0 N–H and O–H groups in total. The molecule has 2 aromatic rings. The molecule has 0 spiro atoms. The fourth-order valence-electron chi connectivity index (χ4n) is 1.73. The number of nitrogens with zero attached hydrogens (tertiary/aromatic N) is 1. The molecule has 19 heavy (non-hydrogen) atoms. The van der Waals surface area contributed by atoms with Gasteiger partial charge in [-0.2, -0.15) is 0 Å². The zero-order chi connectivity index (χ0) is 14.0. The highest BCUT2D eigenvalue weighted by molar-refractivity contribution is 9.10. The molecule has 1 nitrogen and oxygen atoms in total. The summed E-state index contributed by atoms with van der Waals surface area (Å²) >= 11 is 5.25. The third-order valence-corrected chi connectivity index (χ3v) is 4.77. The highest BCUT2D eigenvalue weighted by atomic mass is 79.9. The van der Waals surface area contributed by atoms with Crippen molar-refractivity contribution in [2.45, 2.75) is 43.0 Å². The van der Waals surface area contributed by atoms with Crippen molar-refractivity contribution in [3.8, 4) is 0 Å². The number of halogens is 1. The maximum Gasteiger partial charge on any atom is 0.115 e. The summed E-state index contributed by atoms with van der Waals surface area (Å²) in [5, 5.41) is 1.01. The van der Waals surface area contributed by atoms with Crippen LogP contribution in [0.1, 0.15) is 31.9 Å². The highest BCUT2D eigenvalue weighted by Gasteiger charge is 2.13. The Morgan fingerprint density at radius 3 is 2.26 bits per heavy atom. The second-order valence-electron chi connectivity index (χ2n) is 5.68. The van der Waals surface area contributed by atoms with E-state index in [1.54, 1.807) is 11.8 Å². The maximum atomic E-state index is 4.46. The van der Waals surface area contributed by atoms with E-state index in [4.69, 9.17) is 0 Å². The Bertz CT molecular complexity index is 570. The predicted molar refractivity (Wildman–Crippen MR) is 85.9 cm³/mol. The maximum absolute atomic E-state index is 4.46. The lowest BCUT2D eigenvalue weighted by Crippen LogP contribution is -2.10. The first-order valence-corrected chi connectivity index (χ1v) is 7.88. The molecule has 0 amide bonds. The highest BCUT2D eigenvalue weighted by Crippen LogP contribution is 2.33. The number of pyridine rings is 1. The van der Waals surface area contributed by atoms with Gasteiger partial charge in [-0.05, 0) is 57.6 Å². The number of hydrogen-bond donors (Lipinski definition) is 0. The smallest absolute Gasteiger partial charge is 0.115 e. The summed E-state index contributed by atoms with van der Waals surface area (Å²) in [7, 11) is 0. The van der Waals surface area contributed by atoms with E-state index in [1.807, 2.05) is 13.1 Å². The van der Waals surface area contributed by atoms with Crippen molar-refractivity contribution in [2.75, 3.05) is 0 Å². The van der Waals surface area contributed by atoms with Gasteiger partial charge in [-0.25, -0.2) is 4.98 Å². The van der Waals surface area contributed by atoms with E-state index in [9.17, 15) is 0 Å². The van der Waals surface area contributed by atoms with E-state index in [1.165, 1.54) is 16.0 Å². The molecular weight excluding hydrogens is 318 g/mol. The summed E-state index contributed by atoms with van der Waals surface area (Å²) in [6, 6.07) is 10.8. The van der Waals surface area contributed by atoms with Gasteiger partial charge < -0.3 is 0 Å². The first-order chi connectivity index (χ1) is 8.86. The predicted octanol–water partition coefficient (Wildman–Crippen LogP) is 5.60. The average molecular weight is 336 g/mol. The van der Waals surface area contributed by atoms with Gasteiger partial charge in [0.2, 0.25) is 0 Å². The van der Waals surface area contributed by atoms with Gasteiger partial charge in [0, 0.05) is 11.1 Å². The van der Waals surface area contributed by atoms with Gasteiger partial charge in [0.15, 0.2) is 0 Å². The summed E-state index contributed by atoms with van der Waals surface area (Å²) in [6.07, 6.45) is 1.90. The zero-order valence-electron chi connectivity index (χ0n) is 11.7. The Morgan fingerprint density at radius 1 is 1.11 bits per heavy atom. The summed E-state index contributed by atoms with van der Waals surface area (Å²) in [5.41, 5.74) is 2.72. The third kappa shape index (κ3) is 3.83. The van der Waals surface area contributed by atoms with Crippen molar-refractivity contribution < 1.29 is 0 Å². The van der Waals surface area contributed by atoms with Gasteiger partial charge in [-0.1, -0.05) is 44.7 Å². The van der Waals surface area contributed by atoms with Crippen molar-refractivity contribution in [1.29, 1.82) is 0 Å². The van der Waals surface area contributed by atoms with Crippen molar-refractivity contribution >= 4 is 27.7 Å². The number of hydrogen-bond acceptors (Lipinski definition) is 2. The molecule has 0 unspecified atom stereocenters. The molecule has 1 aromatic carbocycles. The van der Waals surface area contributed by atoms with Crippen LogP contribution in [0.15, 0.2) is 50.9 Å². The van der Waals surface area contributed by atoms with Crippen LogP contribution in [-0.4, -0.2) is 4.98 Å². The van der Waals surface area contributed by atoms with Crippen LogP contribution in [0.2, 0.25) is 0 Å². The second-order valence-corrected chi connectivity index (χ2v) is 7.59. The van der Waals surface area contributed by atoms with Gasteiger partial charge in [0.25, 0.3) is 0 Å². The van der Waals surface area contributed by atoms with Crippen molar-refractivity contribution in [3.05, 3.63) is 52.1 Å².